The summed E-state index contributed by atoms with van der Waals surface area (Å²) in [5.74, 6) is -1.26. The van der Waals surface area contributed by atoms with E-state index in [1.54, 1.807) is 0 Å². The Labute approximate surface area is 135 Å². The molecule has 2 aliphatic rings. The van der Waals surface area contributed by atoms with Crippen LogP contribution in [0.4, 0.5) is 0 Å². The van der Waals surface area contributed by atoms with Gasteiger partial charge in [0.15, 0.2) is 0 Å². The molecule has 0 aromatic heterocycles. The third-order valence-electron chi connectivity index (χ3n) is 4.46. The van der Waals surface area contributed by atoms with Crippen LogP contribution in [0.3, 0.4) is 0 Å². The first-order valence-electron chi connectivity index (χ1n) is 7.91. The third kappa shape index (κ3) is 3.60. The van der Waals surface area contributed by atoms with E-state index in [1.807, 2.05) is 0 Å². The summed E-state index contributed by atoms with van der Waals surface area (Å²) in [5, 5.41) is 2.79. The fraction of sp³-hybridized carbons (Fsp3) is 0.625. The molecule has 1 heterocycles. The van der Waals surface area contributed by atoms with Crippen molar-refractivity contribution in [2.24, 2.45) is 5.41 Å². The molecule has 7 nitrogen and oxygen atoms in total. The van der Waals surface area contributed by atoms with Gasteiger partial charge in [0.1, 0.15) is 5.41 Å². The van der Waals surface area contributed by atoms with E-state index in [-0.39, 0.29) is 17.7 Å². The van der Waals surface area contributed by atoms with Gasteiger partial charge in [-0.25, -0.2) is 0 Å². The van der Waals surface area contributed by atoms with Crippen molar-refractivity contribution in [1.29, 1.82) is 0 Å². The zero-order valence-corrected chi connectivity index (χ0v) is 13.3. The predicted molar refractivity (Wildman–Crippen MR) is 81.0 cm³/mol. The molecule has 0 spiro atoms. The van der Waals surface area contributed by atoms with Crippen molar-refractivity contribution in [2.75, 3.05) is 20.2 Å². The lowest BCUT2D eigenvalue weighted by atomic mass is 9.68. The lowest BCUT2D eigenvalue weighted by molar-refractivity contribution is -0.165. The lowest BCUT2D eigenvalue weighted by Crippen LogP contribution is -2.51. The van der Waals surface area contributed by atoms with Crippen molar-refractivity contribution in [3.8, 4) is 0 Å². The quantitative estimate of drug-likeness (QED) is 0.305. The highest BCUT2D eigenvalue weighted by Gasteiger charge is 2.51. The van der Waals surface area contributed by atoms with E-state index in [0.717, 1.165) is 19.3 Å². The average Bonchev–Trinajstić information content (AvgIpc) is 2.80. The van der Waals surface area contributed by atoms with E-state index < -0.39 is 11.4 Å². The Morgan fingerprint density at radius 2 is 1.83 bits per heavy atom. The predicted octanol–water partition coefficient (Wildman–Crippen LogP) is 0.541. The number of ether oxygens (including phenoxy) is 1. The number of esters is 1. The molecule has 23 heavy (non-hydrogen) atoms. The lowest BCUT2D eigenvalue weighted by Gasteiger charge is -2.37. The van der Waals surface area contributed by atoms with Gasteiger partial charge in [-0.1, -0.05) is 6.42 Å². The van der Waals surface area contributed by atoms with Crippen molar-refractivity contribution < 1.29 is 23.9 Å². The number of rotatable bonds is 8. The molecule has 2 rings (SSSR count). The van der Waals surface area contributed by atoms with Crippen molar-refractivity contribution in [2.45, 2.75) is 38.5 Å². The maximum Gasteiger partial charge on any atom is 0.321 e. The van der Waals surface area contributed by atoms with Gasteiger partial charge in [-0.3, -0.25) is 24.1 Å². The Hall–Kier alpha value is -2.18. The van der Waals surface area contributed by atoms with Crippen LogP contribution < -0.4 is 5.32 Å². The van der Waals surface area contributed by atoms with E-state index in [0.29, 0.717) is 32.4 Å². The van der Waals surface area contributed by atoms with E-state index >= 15 is 0 Å². The fourth-order valence-corrected chi connectivity index (χ4v) is 2.84. The molecule has 0 aromatic carbocycles. The van der Waals surface area contributed by atoms with Crippen LogP contribution in [0.15, 0.2) is 12.2 Å². The summed E-state index contributed by atoms with van der Waals surface area (Å²) in [7, 11) is 1.30. The zero-order chi connectivity index (χ0) is 16.9. The minimum atomic E-state index is -0.991. The number of hydrogen-bond donors (Lipinski definition) is 1. The van der Waals surface area contributed by atoms with Crippen LogP contribution in [-0.2, 0) is 23.9 Å². The minimum Gasteiger partial charge on any atom is -0.468 e. The molecule has 1 aliphatic carbocycles. The maximum absolute atomic E-state index is 12.2. The molecular weight excluding hydrogens is 300 g/mol. The molecule has 1 aliphatic heterocycles. The van der Waals surface area contributed by atoms with Crippen molar-refractivity contribution in [3.63, 3.8) is 0 Å². The summed E-state index contributed by atoms with van der Waals surface area (Å²) in [4.78, 5) is 47.8. The van der Waals surface area contributed by atoms with Crippen LogP contribution in [0.1, 0.15) is 38.5 Å². The first kappa shape index (κ1) is 17.2. The zero-order valence-electron chi connectivity index (χ0n) is 13.3. The second kappa shape index (κ2) is 7.39. The first-order valence-corrected chi connectivity index (χ1v) is 7.91. The van der Waals surface area contributed by atoms with Crippen molar-refractivity contribution >= 4 is 23.7 Å². The van der Waals surface area contributed by atoms with Gasteiger partial charge in [0, 0.05) is 25.2 Å². The summed E-state index contributed by atoms with van der Waals surface area (Å²) >= 11 is 0. The Bertz CT molecular complexity index is 519. The molecule has 3 amide bonds. The van der Waals surface area contributed by atoms with Gasteiger partial charge in [-0.05, 0) is 32.1 Å². The monoisotopic (exact) mass is 322 g/mol. The number of carbonyl (C=O) groups excluding carboxylic acids is 4. The molecule has 0 unspecified atom stereocenters. The van der Waals surface area contributed by atoms with Gasteiger partial charge in [0.05, 0.1) is 7.11 Å². The van der Waals surface area contributed by atoms with Crippen LogP contribution in [0, 0.1) is 5.41 Å². The highest BCUT2D eigenvalue weighted by Crippen LogP contribution is 2.42. The molecule has 0 aromatic rings. The van der Waals surface area contributed by atoms with Crippen LogP contribution in [0.5, 0.6) is 0 Å². The molecule has 7 heteroatoms. The number of carbonyl (C=O) groups is 4. The summed E-state index contributed by atoms with van der Waals surface area (Å²) in [6.07, 6.45) is 6.68. The number of hydrogen-bond acceptors (Lipinski definition) is 5. The number of amides is 3. The van der Waals surface area contributed by atoms with Gasteiger partial charge in [-0.2, -0.15) is 0 Å². The molecule has 1 saturated carbocycles. The molecule has 1 fully saturated rings. The van der Waals surface area contributed by atoms with E-state index in [9.17, 15) is 19.2 Å². The van der Waals surface area contributed by atoms with Gasteiger partial charge < -0.3 is 10.1 Å². The molecule has 1 N–H and O–H groups in total. The number of imide groups is 1. The van der Waals surface area contributed by atoms with Crippen LogP contribution in [-0.4, -0.2) is 48.8 Å². The van der Waals surface area contributed by atoms with Crippen LogP contribution in [0.25, 0.3) is 0 Å². The van der Waals surface area contributed by atoms with Crippen LogP contribution in [0.2, 0.25) is 0 Å². The molecule has 0 saturated heterocycles. The minimum absolute atomic E-state index is 0.260. The number of unbranched alkanes of at least 4 members (excludes halogenated alkanes) is 2. The highest BCUT2D eigenvalue weighted by atomic mass is 16.5. The smallest absolute Gasteiger partial charge is 0.321 e. The summed E-state index contributed by atoms with van der Waals surface area (Å²) in [6, 6.07) is 0. The maximum atomic E-state index is 12.2. The van der Waals surface area contributed by atoms with Gasteiger partial charge in [0.25, 0.3) is 11.8 Å². The molecule has 0 atom stereocenters. The van der Waals surface area contributed by atoms with Crippen molar-refractivity contribution in [1.82, 2.24) is 10.2 Å². The normalized spacial score (nSPS) is 18.7. The number of methoxy groups -OCH3 is 1. The third-order valence-corrected chi connectivity index (χ3v) is 4.46. The Morgan fingerprint density at radius 3 is 2.35 bits per heavy atom. The summed E-state index contributed by atoms with van der Waals surface area (Å²) in [6.45, 7) is 0.864. The second-order valence-corrected chi connectivity index (χ2v) is 5.91. The summed E-state index contributed by atoms with van der Waals surface area (Å²) < 4.78 is 4.73. The Kier molecular flexibility index (Phi) is 5.52. The average molecular weight is 322 g/mol. The SMILES string of the molecule is COC(=O)C1(C(=O)NCCCCCN2C(=O)C=CC2=O)CCC1. The van der Waals surface area contributed by atoms with Gasteiger partial charge >= 0.3 is 5.97 Å². The molecule has 126 valence electrons. The van der Waals surface area contributed by atoms with Crippen LogP contribution >= 0.6 is 0 Å². The van der Waals surface area contributed by atoms with E-state index in [1.165, 1.54) is 24.2 Å². The van der Waals surface area contributed by atoms with Gasteiger partial charge in [0.2, 0.25) is 5.91 Å². The topological polar surface area (TPSA) is 92.8 Å². The molecule has 0 bridgehead atoms. The largest absolute Gasteiger partial charge is 0.468 e. The second-order valence-electron chi connectivity index (χ2n) is 5.91. The standard InChI is InChI=1S/C16H22N2O5/c1-23-15(22)16(8-5-9-16)14(21)17-10-3-2-4-11-18-12(19)6-7-13(18)20/h6-7H,2-5,8-11H2,1H3,(H,17,21). The first-order chi connectivity index (χ1) is 11.0. The fourth-order valence-electron chi connectivity index (χ4n) is 2.84. The number of nitrogens with one attached hydrogen (secondary N) is 1. The van der Waals surface area contributed by atoms with Crippen molar-refractivity contribution in [3.05, 3.63) is 12.2 Å². The van der Waals surface area contributed by atoms with Gasteiger partial charge in [-0.15, -0.1) is 0 Å². The highest BCUT2D eigenvalue weighted by molar-refractivity contribution is 6.12. The van der Waals surface area contributed by atoms with E-state index in [2.05, 4.69) is 5.32 Å². The molecule has 0 radical (unpaired) electrons. The van der Waals surface area contributed by atoms with E-state index in [4.69, 9.17) is 4.74 Å². The summed E-state index contributed by atoms with van der Waals surface area (Å²) in [5.41, 5.74) is -0.991. The number of nitrogens with zero attached hydrogens (tertiary/aromatic N) is 1. The Morgan fingerprint density at radius 1 is 1.17 bits per heavy atom. The molecular formula is C16H22N2O5. The Balaban J connectivity index is 1.62.